The lowest BCUT2D eigenvalue weighted by Gasteiger charge is -2.31. The first-order valence-electron chi connectivity index (χ1n) is 7.26. The van der Waals surface area contributed by atoms with Crippen molar-refractivity contribution in [1.29, 1.82) is 0 Å². The minimum atomic E-state index is 0.249. The first-order valence-corrected chi connectivity index (χ1v) is 8.14. The van der Waals surface area contributed by atoms with Gasteiger partial charge in [0.2, 0.25) is 5.91 Å². The third-order valence-corrected chi connectivity index (χ3v) is 5.07. The van der Waals surface area contributed by atoms with Gasteiger partial charge >= 0.3 is 0 Å². The lowest BCUT2D eigenvalue weighted by molar-refractivity contribution is -0.132. The molecule has 1 amide bonds. The number of nitrogens with zero attached hydrogens (tertiary/aromatic N) is 4. The standard InChI is InChI=1S/C14H19N5OS/c1-10-12(21-9-16-10)2-3-13(20)19-6-4-11(5-7-19)14-15-8-17-18-14/h8-9,11H,2-7H2,1H3,(H,15,17,18). The van der Waals surface area contributed by atoms with Gasteiger partial charge in [-0.3, -0.25) is 9.89 Å². The summed E-state index contributed by atoms with van der Waals surface area (Å²) in [5.74, 6) is 1.60. The van der Waals surface area contributed by atoms with Crippen molar-refractivity contribution >= 4 is 17.2 Å². The molecule has 0 bridgehead atoms. The fraction of sp³-hybridized carbons (Fsp3) is 0.571. The number of carbonyl (C=O) groups is 1. The van der Waals surface area contributed by atoms with Gasteiger partial charge in [0.1, 0.15) is 12.2 Å². The van der Waals surface area contributed by atoms with Crippen LogP contribution in [0.15, 0.2) is 11.8 Å². The normalized spacial score (nSPS) is 16.3. The summed E-state index contributed by atoms with van der Waals surface area (Å²) in [4.78, 5) is 23.9. The van der Waals surface area contributed by atoms with E-state index in [4.69, 9.17) is 0 Å². The van der Waals surface area contributed by atoms with E-state index < -0.39 is 0 Å². The Bertz CT molecular complexity index is 586. The zero-order chi connectivity index (χ0) is 14.7. The van der Waals surface area contributed by atoms with Crippen LogP contribution in [0.25, 0.3) is 0 Å². The van der Waals surface area contributed by atoms with E-state index in [2.05, 4.69) is 20.2 Å². The van der Waals surface area contributed by atoms with Gasteiger partial charge in [-0.1, -0.05) is 0 Å². The van der Waals surface area contributed by atoms with E-state index in [1.54, 1.807) is 17.7 Å². The molecular weight excluding hydrogens is 286 g/mol. The molecule has 112 valence electrons. The Labute approximate surface area is 127 Å². The maximum atomic E-state index is 12.3. The summed E-state index contributed by atoms with van der Waals surface area (Å²) < 4.78 is 0. The van der Waals surface area contributed by atoms with Crippen molar-refractivity contribution in [3.8, 4) is 0 Å². The van der Waals surface area contributed by atoms with Crippen molar-refractivity contribution in [3.05, 3.63) is 28.2 Å². The topological polar surface area (TPSA) is 74.8 Å². The zero-order valence-corrected chi connectivity index (χ0v) is 12.9. The summed E-state index contributed by atoms with van der Waals surface area (Å²) in [7, 11) is 0. The maximum absolute atomic E-state index is 12.3. The number of rotatable bonds is 4. The Morgan fingerprint density at radius 2 is 2.24 bits per heavy atom. The monoisotopic (exact) mass is 305 g/mol. The van der Waals surface area contributed by atoms with Crippen molar-refractivity contribution in [1.82, 2.24) is 25.1 Å². The number of likely N-dealkylation sites (tertiary alicyclic amines) is 1. The number of aromatic amines is 1. The molecular formula is C14H19N5OS. The highest BCUT2D eigenvalue weighted by atomic mass is 32.1. The summed E-state index contributed by atoms with van der Waals surface area (Å²) >= 11 is 1.64. The molecule has 2 aromatic heterocycles. The Kier molecular flexibility index (Phi) is 4.28. The third kappa shape index (κ3) is 3.29. The Balaban J connectivity index is 1.48. The van der Waals surface area contributed by atoms with E-state index in [0.29, 0.717) is 12.3 Å². The minimum absolute atomic E-state index is 0.249. The second-order valence-electron chi connectivity index (χ2n) is 5.39. The number of piperidine rings is 1. The fourth-order valence-electron chi connectivity index (χ4n) is 2.76. The summed E-state index contributed by atoms with van der Waals surface area (Å²) in [5.41, 5.74) is 2.90. The molecule has 6 nitrogen and oxygen atoms in total. The smallest absolute Gasteiger partial charge is 0.222 e. The van der Waals surface area contributed by atoms with Gasteiger partial charge in [0.05, 0.1) is 11.2 Å². The largest absolute Gasteiger partial charge is 0.343 e. The number of amides is 1. The average molecular weight is 305 g/mol. The molecule has 1 saturated heterocycles. The van der Waals surface area contributed by atoms with Gasteiger partial charge in [-0.25, -0.2) is 9.97 Å². The molecule has 0 spiro atoms. The molecule has 0 atom stereocenters. The van der Waals surface area contributed by atoms with Crippen molar-refractivity contribution in [2.45, 2.75) is 38.5 Å². The third-order valence-electron chi connectivity index (χ3n) is 4.08. The molecule has 7 heteroatoms. The molecule has 0 unspecified atom stereocenters. The number of aromatic nitrogens is 4. The lowest BCUT2D eigenvalue weighted by Crippen LogP contribution is -2.38. The quantitative estimate of drug-likeness (QED) is 0.936. The predicted molar refractivity (Wildman–Crippen MR) is 80.1 cm³/mol. The van der Waals surface area contributed by atoms with Crippen LogP contribution in [0.4, 0.5) is 0 Å². The summed E-state index contributed by atoms with van der Waals surface area (Å²) in [6, 6.07) is 0. The van der Waals surface area contributed by atoms with E-state index >= 15 is 0 Å². The van der Waals surface area contributed by atoms with Gasteiger partial charge in [0.25, 0.3) is 0 Å². The van der Waals surface area contributed by atoms with Crippen LogP contribution in [0.2, 0.25) is 0 Å². The van der Waals surface area contributed by atoms with E-state index in [-0.39, 0.29) is 5.91 Å². The van der Waals surface area contributed by atoms with Crippen LogP contribution >= 0.6 is 11.3 Å². The van der Waals surface area contributed by atoms with Crippen molar-refractivity contribution in [2.75, 3.05) is 13.1 Å². The Morgan fingerprint density at radius 1 is 1.43 bits per heavy atom. The molecule has 2 aromatic rings. The number of nitrogens with one attached hydrogen (secondary N) is 1. The molecule has 1 aliphatic rings. The molecule has 1 N–H and O–H groups in total. The molecule has 1 aliphatic heterocycles. The van der Waals surface area contributed by atoms with Crippen molar-refractivity contribution in [2.24, 2.45) is 0 Å². The van der Waals surface area contributed by atoms with Crippen LogP contribution in [0.1, 0.15) is 41.6 Å². The van der Waals surface area contributed by atoms with Crippen LogP contribution in [-0.4, -0.2) is 44.1 Å². The lowest BCUT2D eigenvalue weighted by atomic mass is 9.96. The van der Waals surface area contributed by atoms with E-state index in [9.17, 15) is 4.79 Å². The number of carbonyl (C=O) groups excluding carboxylic acids is 1. The highest BCUT2D eigenvalue weighted by Gasteiger charge is 2.25. The predicted octanol–water partition coefficient (Wildman–Crippen LogP) is 1.91. The highest BCUT2D eigenvalue weighted by molar-refractivity contribution is 7.09. The molecule has 21 heavy (non-hydrogen) atoms. The van der Waals surface area contributed by atoms with Crippen LogP contribution in [0.5, 0.6) is 0 Å². The summed E-state index contributed by atoms with van der Waals surface area (Å²) in [5, 5.41) is 6.83. The molecule has 0 aliphatic carbocycles. The Morgan fingerprint density at radius 3 is 2.86 bits per heavy atom. The van der Waals surface area contributed by atoms with Gasteiger partial charge in [0, 0.05) is 30.3 Å². The second kappa shape index (κ2) is 6.34. The zero-order valence-electron chi connectivity index (χ0n) is 12.1. The SMILES string of the molecule is Cc1ncsc1CCC(=O)N1CCC(c2ncn[nH]2)CC1. The number of hydrogen-bond acceptors (Lipinski definition) is 5. The first kappa shape index (κ1) is 14.2. The highest BCUT2D eigenvalue weighted by Crippen LogP contribution is 2.25. The van der Waals surface area contributed by atoms with Gasteiger partial charge in [-0.2, -0.15) is 5.10 Å². The maximum Gasteiger partial charge on any atom is 0.222 e. The van der Waals surface area contributed by atoms with Gasteiger partial charge < -0.3 is 4.90 Å². The van der Waals surface area contributed by atoms with E-state index in [0.717, 1.165) is 43.9 Å². The van der Waals surface area contributed by atoms with Crippen molar-refractivity contribution < 1.29 is 4.79 Å². The van der Waals surface area contributed by atoms with Crippen LogP contribution in [0.3, 0.4) is 0 Å². The van der Waals surface area contributed by atoms with E-state index in [1.165, 1.54) is 4.88 Å². The van der Waals surface area contributed by atoms with Gasteiger partial charge in [0.15, 0.2) is 0 Å². The summed E-state index contributed by atoms with van der Waals surface area (Å²) in [6.07, 6.45) is 4.85. The minimum Gasteiger partial charge on any atom is -0.343 e. The van der Waals surface area contributed by atoms with Crippen LogP contribution in [-0.2, 0) is 11.2 Å². The number of hydrogen-bond donors (Lipinski definition) is 1. The first-order chi connectivity index (χ1) is 10.2. The van der Waals surface area contributed by atoms with Crippen LogP contribution in [0, 0.1) is 6.92 Å². The van der Waals surface area contributed by atoms with E-state index in [1.807, 2.05) is 17.3 Å². The molecule has 3 rings (SSSR count). The molecule has 1 fully saturated rings. The average Bonchev–Trinajstić information content (AvgIpc) is 3.17. The molecule has 0 radical (unpaired) electrons. The molecule has 3 heterocycles. The van der Waals surface area contributed by atoms with Gasteiger partial charge in [-0.15, -0.1) is 11.3 Å². The molecule has 0 saturated carbocycles. The number of thiazole rings is 1. The summed E-state index contributed by atoms with van der Waals surface area (Å²) in [6.45, 7) is 3.62. The number of H-pyrrole nitrogens is 1. The fourth-order valence-corrected chi connectivity index (χ4v) is 3.54. The number of aryl methyl sites for hydroxylation is 2. The van der Waals surface area contributed by atoms with Crippen LogP contribution < -0.4 is 0 Å². The van der Waals surface area contributed by atoms with Gasteiger partial charge in [-0.05, 0) is 26.2 Å². The van der Waals surface area contributed by atoms with Crippen molar-refractivity contribution in [3.63, 3.8) is 0 Å². The second-order valence-corrected chi connectivity index (χ2v) is 6.33. The Hall–Kier alpha value is -1.76. The molecule has 0 aromatic carbocycles.